The Kier molecular flexibility index (Phi) is 6.72. The topological polar surface area (TPSA) is 44.8 Å². The molecule has 1 N–H and O–H groups in total. The molecule has 1 aliphatic heterocycles. The van der Waals surface area contributed by atoms with Gasteiger partial charge in [-0.25, -0.2) is 0 Å². The van der Waals surface area contributed by atoms with Gasteiger partial charge in [0.1, 0.15) is 5.75 Å². The van der Waals surface area contributed by atoms with Gasteiger partial charge in [-0.1, -0.05) is 23.7 Å². The maximum atomic E-state index is 12.5. The Balaban J connectivity index is 1.72. The Morgan fingerprint density at radius 1 is 1.07 bits per heavy atom. The second kappa shape index (κ2) is 9.22. The highest BCUT2D eigenvalue weighted by atomic mass is 35.5. The molecule has 0 aromatic heterocycles. The Labute approximate surface area is 165 Å². The highest BCUT2D eigenvalue weighted by molar-refractivity contribution is 6.30. The molecule has 2 aromatic carbocycles. The van der Waals surface area contributed by atoms with Crippen molar-refractivity contribution in [3.63, 3.8) is 0 Å². The van der Waals surface area contributed by atoms with Crippen molar-refractivity contribution in [2.45, 2.75) is 6.04 Å². The van der Waals surface area contributed by atoms with Crippen molar-refractivity contribution >= 4 is 17.5 Å². The zero-order valence-corrected chi connectivity index (χ0v) is 16.6. The summed E-state index contributed by atoms with van der Waals surface area (Å²) in [6.45, 7) is 4.56. The first-order valence-corrected chi connectivity index (χ1v) is 9.55. The minimum absolute atomic E-state index is 0.0840. The first-order chi connectivity index (χ1) is 13.1. The van der Waals surface area contributed by atoms with E-state index in [1.54, 1.807) is 31.4 Å². The molecular weight excluding hydrogens is 362 g/mol. The molecule has 1 amide bonds. The van der Waals surface area contributed by atoms with Crippen LogP contribution in [0.5, 0.6) is 5.75 Å². The van der Waals surface area contributed by atoms with Gasteiger partial charge in [0.15, 0.2) is 0 Å². The van der Waals surface area contributed by atoms with Gasteiger partial charge in [0.2, 0.25) is 0 Å². The maximum Gasteiger partial charge on any atom is 0.251 e. The van der Waals surface area contributed by atoms with Crippen molar-refractivity contribution in [1.82, 2.24) is 15.1 Å². The SMILES string of the molecule is COc1ccc([C@@H](CNC(=O)c2ccc(Cl)cc2)N2CCN(C)CC2)cc1. The molecule has 1 atom stereocenters. The van der Waals surface area contributed by atoms with Gasteiger partial charge in [-0.15, -0.1) is 0 Å². The molecular formula is C21H26ClN3O2. The molecule has 0 spiro atoms. The summed E-state index contributed by atoms with van der Waals surface area (Å²) in [5.41, 5.74) is 1.79. The third kappa shape index (κ3) is 5.22. The first kappa shape index (κ1) is 19.7. The number of rotatable bonds is 6. The molecule has 0 unspecified atom stereocenters. The van der Waals surface area contributed by atoms with E-state index in [-0.39, 0.29) is 11.9 Å². The second-order valence-electron chi connectivity index (χ2n) is 6.85. The zero-order chi connectivity index (χ0) is 19.2. The number of hydrogen-bond donors (Lipinski definition) is 1. The van der Waals surface area contributed by atoms with Gasteiger partial charge in [-0.05, 0) is 49.0 Å². The van der Waals surface area contributed by atoms with E-state index in [4.69, 9.17) is 16.3 Å². The van der Waals surface area contributed by atoms with Crippen LogP contribution in [0.2, 0.25) is 5.02 Å². The molecule has 3 rings (SSSR count). The van der Waals surface area contributed by atoms with Crippen LogP contribution in [0.1, 0.15) is 22.0 Å². The third-order valence-corrected chi connectivity index (χ3v) is 5.29. The van der Waals surface area contributed by atoms with Gasteiger partial charge >= 0.3 is 0 Å². The van der Waals surface area contributed by atoms with Gasteiger partial charge in [-0.3, -0.25) is 9.69 Å². The second-order valence-corrected chi connectivity index (χ2v) is 7.28. The summed E-state index contributed by atoms with van der Waals surface area (Å²) in [5.74, 6) is 0.750. The smallest absolute Gasteiger partial charge is 0.251 e. The molecule has 27 heavy (non-hydrogen) atoms. The minimum atomic E-state index is -0.0840. The first-order valence-electron chi connectivity index (χ1n) is 9.17. The fraction of sp³-hybridized carbons (Fsp3) is 0.381. The molecule has 6 heteroatoms. The van der Waals surface area contributed by atoms with E-state index in [1.807, 2.05) is 12.1 Å². The number of ether oxygens (including phenoxy) is 1. The summed E-state index contributed by atoms with van der Waals surface area (Å²) in [6.07, 6.45) is 0. The number of benzene rings is 2. The minimum Gasteiger partial charge on any atom is -0.497 e. The van der Waals surface area contributed by atoms with E-state index in [9.17, 15) is 4.79 Å². The number of hydrogen-bond acceptors (Lipinski definition) is 4. The fourth-order valence-electron chi connectivity index (χ4n) is 3.31. The predicted molar refractivity (Wildman–Crippen MR) is 109 cm³/mol. The standard InChI is InChI=1S/C21H26ClN3O2/c1-24-11-13-25(14-12-24)20(16-5-9-19(27-2)10-6-16)15-23-21(26)17-3-7-18(22)8-4-17/h3-10,20H,11-15H2,1-2H3,(H,23,26)/t20-/m1/s1. The van der Waals surface area contributed by atoms with Crippen molar-refractivity contribution < 1.29 is 9.53 Å². The van der Waals surface area contributed by atoms with E-state index in [1.165, 1.54) is 5.56 Å². The average molecular weight is 388 g/mol. The molecule has 2 aromatic rings. The predicted octanol–water partition coefficient (Wildman–Crippen LogP) is 3.07. The molecule has 1 saturated heterocycles. The van der Waals surface area contributed by atoms with Gasteiger partial charge in [0.25, 0.3) is 5.91 Å². The summed E-state index contributed by atoms with van der Waals surface area (Å²) in [7, 11) is 3.81. The van der Waals surface area contributed by atoms with E-state index in [0.29, 0.717) is 17.1 Å². The lowest BCUT2D eigenvalue weighted by molar-refractivity contribution is 0.0886. The third-order valence-electron chi connectivity index (χ3n) is 5.04. The lowest BCUT2D eigenvalue weighted by Gasteiger charge is -2.38. The summed E-state index contributed by atoms with van der Waals surface area (Å²) in [4.78, 5) is 17.3. The molecule has 144 valence electrons. The molecule has 0 aliphatic carbocycles. The number of halogens is 1. The van der Waals surface area contributed by atoms with Crippen molar-refractivity contribution in [2.75, 3.05) is 46.9 Å². The van der Waals surface area contributed by atoms with Crippen molar-refractivity contribution in [3.8, 4) is 5.75 Å². The Hall–Kier alpha value is -2.08. The van der Waals surface area contributed by atoms with Crippen LogP contribution >= 0.6 is 11.6 Å². The van der Waals surface area contributed by atoms with Gasteiger partial charge in [0.05, 0.1) is 13.2 Å². The number of methoxy groups -OCH3 is 1. The Morgan fingerprint density at radius 3 is 2.30 bits per heavy atom. The molecule has 0 radical (unpaired) electrons. The van der Waals surface area contributed by atoms with Crippen LogP contribution in [0.4, 0.5) is 0 Å². The van der Waals surface area contributed by atoms with E-state index < -0.39 is 0 Å². The molecule has 1 fully saturated rings. The van der Waals surface area contributed by atoms with Crippen molar-refractivity contribution in [1.29, 1.82) is 0 Å². The number of likely N-dealkylation sites (N-methyl/N-ethyl adjacent to an activating group) is 1. The normalized spacial score (nSPS) is 16.7. The van der Waals surface area contributed by atoms with Crippen LogP contribution in [0, 0.1) is 0 Å². The molecule has 0 bridgehead atoms. The fourth-order valence-corrected chi connectivity index (χ4v) is 3.44. The highest BCUT2D eigenvalue weighted by Gasteiger charge is 2.24. The summed E-state index contributed by atoms with van der Waals surface area (Å²) in [6, 6.07) is 15.2. The van der Waals surface area contributed by atoms with Gasteiger partial charge < -0.3 is 15.0 Å². The van der Waals surface area contributed by atoms with Crippen molar-refractivity contribution in [3.05, 3.63) is 64.7 Å². The van der Waals surface area contributed by atoms with Crippen LogP contribution < -0.4 is 10.1 Å². The quantitative estimate of drug-likeness (QED) is 0.827. The van der Waals surface area contributed by atoms with E-state index in [0.717, 1.165) is 31.9 Å². The van der Waals surface area contributed by atoms with Crippen LogP contribution in [-0.4, -0.2) is 62.6 Å². The van der Waals surface area contributed by atoms with Crippen LogP contribution in [0.25, 0.3) is 0 Å². The van der Waals surface area contributed by atoms with Crippen LogP contribution in [0.15, 0.2) is 48.5 Å². The van der Waals surface area contributed by atoms with E-state index >= 15 is 0 Å². The van der Waals surface area contributed by atoms with Gasteiger partial charge in [-0.2, -0.15) is 0 Å². The summed E-state index contributed by atoms with van der Waals surface area (Å²) in [5, 5.41) is 3.71. The average Bonchev–Trinajstić information content (AvgIpc) is 2.70. The summed E-state index contributed by atoms with van der Waals surface area (Å²) >= 11 is 5.91. The number of carbonyl (C=O) groups excluding carboxylic acids is 1. The number of piperazine rings is 1. The zero-order valence-electron chi connectivity index (χ0n) is 15.8. The van der Waals surface area contributed by atoms with E-state index in [2.05, 4.69) is 34.3 Å². The maximum absolute atomic E-state index is 12.5. The number of carbonyl (C=O) groups is 1. The Bertz CT molecular complexity index is 741. The van der Waals surface area contributed by atoms with Crippen LogP contribution in [0.3, 0.4) is 0 Å². The van der Waals surface area contributed by atoms with Crippen molar-refractivity contribution in [2.24, 2.45) is 0 Å². The number of nitrogens with one attached hydrogen (secondary N) is 1. The monoisotopic (exact) mass is 387 g/mol. The van der Waals surface area contributed by atoms with Gasteiger partial charge in [0, 0.05) is 43.3 Å². The highest BCUT2D eigenvalue weighted by Crippen LogP contribution is 2.24. The lowest BCUT2D eigenvalue weighted by atomic mass is 10.0. The number of amides is 1. The molecule has 0 saturated carbocycles. The van der Waals surface area contributed by atoms with Crippen LogP contribution in [-0.2, 0) is 0 Å². The molecule has 1 aliphatic rings. The summed E-state index contributed by atoms with van der Waals surface area (Å²) < 4.78 is 5.27. The molecule has 5 nitrogen and oxygen atoms in total. The Morgan fingerprint density at radius 2 is 1.70 bits per heavy atom. The molecule has 1 heterocycles. The number of nitrogens with zero attached hydrogens (tertiary/aromatic N) is 2. The lowest BCUT2D eigenvalue weighted by Crippen LogP contribution is -2.48. The largest absolute Gasteiger partial charge is 0.497 e.